The molecule has 1 amide bonds. The van der Waals surface area contributed by atoms with Crippen LogP contribution in [0.1, 0.15) is 36.6 Å². The Morgan fingerprint density at radius 3 is 2.61 bits per heavy atom. The SMILES string of the molecule is CC(C)[C@@H](Nc1ccc(C(F)(F)F)cc1Cl)C(=O)NCc1nnc2n1-c1ccccc1CC2. The molecule has 1 aromatic heterocycles. The number of halogens is 4. The molecule has 0 saturated heterocycles. The zero-order valence-corrected chi connectivity index (χ0v) is 18.8. The number of hydrogen-bond donors (Lipinski definition) is 2. The molecule has 1 aliphatic rings. The molecule has 1 atom stereocenters. The van der Waals surface area contributed by atoms with E-state index in [0.717, 1.165) is 36.5 Å². The Kier molecular flexibility index (Phi) is 6.34. The fourth-order valence-electron chi connectivity index (χ4n) is 3.88. The second-order valence-electron chi connectivity index (χ2n) is 8.27. The van der Waals surface area contributed by atoms with Crippen molar-refractivity contribution in [2.75, 3.05) is 5.32 Å². The van der Waals surface area contributed by atoms with Gasteiger partial charge in [0.15, 0.2) is 5.82 Å². The zero-order valence-electron chi connectivity index (χ0n) is 18.1. The van der Waals surface area contributed by atoms with Gasteiger partial charge in [0.05, 0.1) is 28.5 Å². The predicted molar refractivity (Wildman–Crippen MR) is 119 cm³/mol. The fraction of sp³-hybridized carbons (Fsp3) is 0.348. The number of carbonyl (C=O) groups is 1. The Labute approximate surface area is 194 Å². The van der Waals surface area contributed by atoms with Crippen LogP contribution in [0.3, 0.4) is 0 Å². The first kappa shape index (κ1) is 23.1. The number of aryl methyl sites for hydroxylation is 2. The number of fused-ring (bicyclic) bond motifs is 3. The van der Waals surface area contributed by atoms with Gasteiger partial charge in [0.1, 0.15) is 11.9 Å². The maximum absolute atomic E-state index is 13.0. The topological polar surface area (TPSA) is 71.8 Å². The van der Waals surface area contributed by atoms with E-state index in [-0.39, 0.29) is 29.1 Å². The molecule has 0 spiro atoms. The predicted octanol–water partition coefficient (Wildman–Crippen LogP) is 4.79. The highest BCUT2D eigenvalue weighted by Crippen LogP contribution is 2.34. The zero-order chi connectivity index (χ0) is 23.8. The van der Waals surface area contributed by atoms with Crippen molar-refractivity contribution in [3.8, 4) is 5.69 Å². The van der Waals surface area contributed by atoms with Gasteiger partial charge in [0, 0.05) is 6.42 Å². The number of carbonyl (C=O) groups excluding carboxylic acids is 1. The van der Waals surface area contributed by atoms with Gasteiger partial charge in [-0.3, -0.25) is 9.36 Å². The summed E-state index contributed by atoms with van der Waals surface area (Å²) in [5.41, 5.74) is 1.60. The smallest absolute Gasteiger partial charge is 0.372 e. The standard InChI is InChI=1S/C23H23ClF3N5O/c1-13(2)21(29-17-9-8-15(11-16(17)24)23(25,26)27)22(33)28-12-20-31-30-19-10-7-14-5-3-4-6-18(14)32(19)20/h3-6,8-9,11,13,21,29H,7,10,12H2,1-2H3,(H,28,33)/t21-/m1/s1. The average molecular weight is 478 g/mol. The van der Waals surface area contributed by atoms with Gasteiger partial charge in [0.25, 0.3) is 0 Å². The number of para-hydroxylation sites is 1. The van der Waals surface area contributed by atoms with Crippen LogP contribution < -0.4 is 10.6 Å². The number of alkyl halides is 3. The van der Waals surface area contributed by atoms with Crippen molar-refractivity contribution >= 4 is 23.2 Å². The first-order valence-corrected chi connectivity index (χ1v) is 11.0. The van der Waals surface area contributed by atoms with Gasteiger partial charge in [-0.15, -0.1) is 10.2 Å². The first-order valence-electron chi connectivity index (χ1n) is 10.6. The third-order valence-electron chi connectivity index (χ3n) is 5.62. The van der Waals surface area contributed by atoms with E-state index in [1.54, 1.807) is 0 Å². The molecular formula is C23H23ClF3N5O. The highest BCUT2D eigenvalue weighted by molar-refractivity contribution is 6.33. The quantitative estimate of drug-likeness (QED) is 0.535. The molecule has 1 aliphatic heterocycles. The van der Waals surface area contributed by atoms with Crippen molar-refractivity contribution in [2.24, 2.45) is 5.92 Å². The van der Waals surface area contributed by atoms with E-state index >= 15 is 0 Å². The van der Waals surface area contributed by atoms with Gasteiger partial charge >= 0.3 is 6.18 Å². The molecule has 0 saturated carbocycles. The van der Waals surface area contributed by atoms with E-state index in [9.17, 15) is 18.0 Å². The summed E-state index contributed by atoms with van der Waals surface area (Å²) in [4.78, 5) is 13.0. The molecule has 0 radical (unpaired) electrons. The van der Waals surface area contributed by atoms with Crippen molar-refractivity contribution in [3.05, 3.63) is 70.3 Å². The summed E-state index contributed by atoms with van der Waals surface area (Å²) in [6, 6.07) is 10.3. The van der Waals surface area contributed by atoms with Gasteiger partial charge in [-0.05, 0) is 42.2 Å². The van der Waals surface area contributed by atoms with Crippen LogP contribution in [-0.2, 0) is 30.4 Å². The van der Waals surface area contributed by atoms with Gasteiger partial charge < -0.3 is 10.6 Å². The molecule has 0 aliphatic carbocycles. The highest BCUT2D eigenvalue weighted by Gasteiger charge is 2.31. The van der Waals surface area contributed by atoms with E-state index in [2.05, 4.69) is 26.9 Å². The molecule has 2 aromatic carbocycles. The minimum atomic E-state index is -4.49. The lowest BCUT2D eigenvalue weighted by molar-refractivity contribution is -0.137. The van der Waals surface area contributed by atoms with Crippen LogP contribution in [0.5, 0.6) is 0 Å². The van der Waals surface area contributed by atoms with Crippen molar-refractivity contribution in [3.63, 3.8) is 0 Å². The second kappa shape index (κ2) is 9.05. The van der Waals surface area contributed by atoms with E-state index in [0.29, 0.717) is 5.82 Å². The van der Waals surface area contributed by atoms with Gasteiger partial charge in [-0.1, -0.05) is 43.6 Å². The molecule has 174 valence electrons. The number of amides is 1. The van der Waals surface area contributed by atoms with E-state index in [1.165, 1.54) is 11.6 Å². The van der Waals surface area contributed by atoms with E-state index in [1.807, 2.05) is 36.6 Å². The molecule has 33 heavy (non-hydrogen) atoms. The Hall–Kier alpha value is -3.07. The highest BCUT2D eigenvalue weighted by atomic mass is 35.5. The summed E-state index contributed by atoms with van der Waals surface area (Å²) in [5, 5.41) is 14.3. The molecule has 2 heterocycles. The Balaban J connectivity index is 1.49. The lowest BCUT2D eigenvalue weighted by atomic mass is 10.0. The molecular weight excluding hydrogens is 455 g/mol. The summed E-state index contributed by atoms with van der Waals surface area (Å²) in [6.07, 6.45) is -2.85. The molecule has 6 nitrogen and oxygen atoms in total. The van der Waals surface area contributed by atoms with Gasteiger partial charge in [0.2, 0.25) is 5.91 Å². The summed E-state index contributed by atoms with van der Waals surface area (Å²) >= 11 is 6.06. The summed E-state index contributed by atoms with van der Waals surface area (Å²) in [7, 11) is 0. The summed E-state index contributed by atoms with van der Waals surface area (Å²) < 4.78 is 40.7. The van der Waals surface area contributed by atoms with Crippen molar-refractivity contribution in [1.82, 2.24) is 20.1 Å². The first-order chi connectivity index (χ1) is 15.6. The van der Waals surface area contributed by atoms with Crippen LogP contribution in [0.2, 0.25) is 5.02 Å². The molecule has 4 rings (SSSR count). The summed E-state index contributed by atoms with van der Waals surface area (Å²) in [6.45, 7) is 3.83. The van der Waals surface area contributed by atoms with Crippen LogP contribution in [0, 0.1) is 5.92 Å². The third-order valence-corrected chi connectivity index (χ3v) is 5.94. The van der Waals surface area contributed by atoms with E-state index in [4.69, 9.17) is 11.6 Å². The Morgan fingerprint density at radius 2 is 1.91 bits per heavy atom. The molecule has 3 aromatic rings. The molecule has 0 unspecified atom stereocenters. The lowest BCUT2D eigenvalue weighted by Crippen LogP contribution is -2.43. The fourth-order valence-corrected chi connectivity index (χ4v) is 4.12. The number of nitrogens with zero attached hydrogens (tertiary/aromatic N) is 3. The number of anilines is 1. The Bertz CT molecular complexity index is 1180. The van der Waals surface area contributed by atoms with Gasteiger partial charge in [-0.2, -0.15) is 13.2 Å². The largest absolute Gasteiger partial charge is 0.416 e. The molecule has 10 heteroatoms. The normalized spacial score (nSPS) is 13.9. The minimum absolute atomic E-state index is 0.105. The number of benzene rings is 2. The van der Waals surface area contributed by atoms with E-state index < -0.39 is 17.8 Å². The minimum Gasteiger partial charge on any atom is -0.372 e. The van der Waals surface area contributed by atoms with Crippen molar-refractivity contribution < 1.29 is 18.0 Å². The molecule has 0 bridgehead atoms. The van der Waals surface area contributed by atoms with Crippen LogP contribution in [0.25, 0.3) is 5.69 Å². The number of nitrogens with one attached hydrogen (secondary N) is 2. The number of aromatic nitrogens is 3. The molecule has 2 N–H and O–H groups in total. The van der Waals surface area contributed by atoms with Crippen molar-refractivity contribution in [2.45, 2.75) is 45.5 Å². The van der Waals surface area contributed by atoms with Crippen molar-refractivity contribution in [1.29, 1.82) is 0 Å². The maximum Gasteiger partial charge on any atom is 0.416 e. The third kappa shape index (κ3) is 4.83. The second-order valence-corrected chi connectivity index (χ2v) is 8.68. The van der Waals surface area contributed by atoms with Crippen LogP contribution >= 0.6 is 11.6 Å². The summed E-state index contributed by atoms with van der Waals surface area (Å²) in [5.74, 6) is 0.979. The monoisotopic (exact) mass is 477 g/mol. The van der Waals surface area contributed by atoms with Crippen LogP contribution in [0.4, 0.5) is 18.9 Å². The average Bonchev–Trinajstić information content (AvgIpc) is 3.19. The Morgan fingerprint density at radius 1 is 1.15 bits per heavy atom. The molecule has 0 fully saturated rings. The lowest BCUT2D eigenvalue weighted by Gasteiger charge is -2.24. The number of rotatable bonds is 6. The van der Waals surface area contributed by atoms with Crippen LogP contribution in [0.15, 0.2) is 42.5 Å². The number of hydrogen-bond acceptors (Lipinski definition) is 4. The van der Waals surface area contributed by atoms with Gasteiger partial charge in [-0.25, -0.2) is 0 Å². The maximum atomic E-state index is 13.0. The van der Waals surface area contributed by atoms with Crippen LogP contribution in [-0.4, -0.2) is 26.7 Å².